The Labute approximate surface area is 106 Å². The zero-order valence-electron chi connectivity index (χ0n) is 10.3. The Kier molecular flexibility index (Phi) is 4.20. The Hall–Kier alpha value is -2.01. The zero-order valence-corrected chi connectivity index (χ0v) is 10.3. The first-order valence-electron chi connectivity index (χ1n) is 5.91. The van der Waals surface area contributed by atoms with Crippen LogP contribution < -0.4 is 5.32 Å². The van der Waals surface area contributed by atoms with Crippen molar-refractivity contribution in [2.24, 2.45) is 0 Å². The summed E-state index contributed by atoms with van der Waals surface area (Å²) in [5, 5.41) is 3.03. The van der Waals surface area contributed by atoms with Crippen LogP contribution in [0.4, 0.5) is 0 Å². The summed E-state index contributed by atoms with van der Waals surface area (Å²) in [4.78, 5) is 22.1. The van der Waals surface area contributed by atoms with E-state index in [4.69, 9.17) is 0 Å². The number of carbonyl (C=O) groups excluding carboxylic acids is 1. The first kappa shape index (κ1) is 12.4. The number of nitrogens with zero attached hydrogens (tertiary/aromatic N) is 2. The van der Waals surface area contributed by atoms with Crippen molar-refractivity contribution in [3.63, 3.8) is 0 Å². The van der Waals surface area contributed by atoms with E-state index in [0.29, 0.717) is 6.54 Å². The SMILES string of the molecule is Cc1[nH]c(-c2cccnc2)nc1CCNCC=O. The Morgan fingerprint density at radius 3 is 3.11 bits per heavy atom. The van der Waals surface area contributed by atoms with Gasteiger partial charge in [-0.1, -0.05) is 0 Å². The standard InChI is InChI=1S/C13H16N4O/c1-10-12(4-6-14-7-8-18)17-13(16-10)11-3-2-5-15-9-11/h2-3,5,8-9,14H,4,6-7H2,1H3,(H,16,17). The van der Waals surface area contributed by atoms with Gasteiger partial charge in [0.2, 0.25) is 0 Å². The van der Waals surface area contributed by atoms with Gasteiger partial charge in [0.05, 0.1) is 12.2 Å². The molecule has 0 saturated heterocycles. The number of aryl methyl sites for hydroxylation is 1. The third kappa shape index (κ3) is 3.01. The molecule has 0 fully saturated rings. The molecule has 2 rings (SSSR count). The minimum atomic E-state index is 0.388. The average Bonchev–Trinajstić information content (AvgIpc) is 2.77. The summed E-state index contributed by atoms with van der Waals surface area (Å²) in [6.45, 7) is 3.14. The van der Waals surface area contributed by atoms with E-state index in [0.717, 1.165) is 42.0 Å². The molecule has 2 heterocycles. The molecule has 0 aliphatic carbocycles. The van der Waals surface area contributed by atoms with Crippen molar-refractivity contribution in [1.29, 1.82) is 0 Å². The number of imidazole rings is 1. The molecule has 0 radical (unpaired) electrons. The van der Waals surface area contributed by atoms with Crippen LogP contribution in [-0.2, 0) is 11.2 Å². The van der Waals surface area contributed by atoms with E-state index in [1.165, 1.54) is 0 Å². The summed E-state index contributed by atoms with van der Waals surface area (Å²) < 4.78 is 0. The smallest absolute Gasteiger partial charge is 0.139 e. The van der Waals surface area contributed by atoms with Crippen molar-refractivity contribution in [2.75, 3.05) is 13.1 Å². The fourth-order valence-electron chi connectivity index (χ4n) is 1.75. The number of aromatic amines is 1. The van der Waals surface area contributed by atoms with Crippen LogP contribution in [0.15, 0.2) is 24.5 Å². The molecule has 2 N–H and O–H groups in total. The van der Waals surface area contributed by atoms with Crippen molar-refractivity contribution < 1.29 is 4.79 Å². The number of nitrogens with one attached hydrogen (secondary N) is 2. The molecule has 94 valence electrons. The van der Waals surface area contributed by atoms with Gasteiger partial charge >= 0.3 is 0 Å². The average molecular weight is 244 g/mol. The summed E-state index contributed by atoms with van der Waals surface area (Å²) in [5.41, 5.74) is 3.06. The number of rotatable bonds is 6. The molecule has 0 bridgehead atoms. The summed E-state index contributed by atoms with van der Waals surface area (Å²) in [7, 11) is 0. The van der Waals surface area contributed by atoms with E-state index in [9.17, 15) is 4.79 Å². The molecule has 0 atom stereocenters. The van der Waals surface area contributed by atoms with Crippen LogP contribution in [0.5, 0.6) is 0 Å². The van der Waals surface area contributed by atoms with E-state index in [2.05, 4.69) is 20.3 Å². The van der Waals surface area contributed by atoms with Gasteiger partial charge in [-0.05, 0) is 19.1 Å². The lowest BCUT2D eigenvalue weighted by molar-refractivity contribution is -0.107. The second-order valence-electron chi connectivity index (χ2n) is 4.02. The molecule has 2 aromatic heterocycles. The molecule has 0 spiro atoms. The number of carbonyl (C=O) groups is 1. The van der Waals surface area contributed by atoms with Gasteiger partial charge in [-0.15, -0.1) is 0 Å². The lowest BCUT2D eigenvalue weighted by Crippen LogP contribution is -2.19. The first-order valence-corrected chi connectivity index (χ1v) is 5.91. The molecule has 5 heteroatoms. The lowest BCUT2D eigenvalue weighted by Gasteiger charge is -1.98. The van der Waals surface area contributed by atoms with Crippen LogP contribution >= 0.6 is 0 Å². The van der Waals surface area contributed by atoms with E-state index in [1.807, 2.05) is 19.1 Å². The molecule has 0 aliphatic heterocycles. The number of H-pyrrole nitrogens is 1. The number of pyridine rings is 1. The highest BCUT2D eigenvalue weighted by molar-refractivity contribution is 5.54. The number of aromatic nitrogens is 3. The third-order valence-electron chi connectivity index (χ3n) is 2.69. The maximum absolute atomic E-state index is 10.2. The van der Waals surface area contributed by atoms with E-state index in [1.54, 1.807) is 12.4 Å². The monoisotopic (exact) mass is 244 g/mol. The van der Waals surface area contributed by atoms with Crippen molar-refractivity contribution in [3.05, 3.63) is 35.9 Å². The minimum Gasteiger partial charge on any atom is -0.342 e. The van der Waals surface area contributed by atoms with Crippen LogP contribution in [-0.4, -0.2) is 34.3 Å². The lowest BCUT2D eigenvalue weighted by atomic mass is 10.2. The van der Waals surface area contributed by atoms with Gasteiger partial charge in [0.15, 0.2) is 0 Å². The topological polar surface area (TPSA) is 70.7 Å². The normalized spacial score (nSPS) is 10.5. The summed E-state index contributed by atoms with van der Waals surface area (Å²) in [6, 6.07) is 3.86. The molecule has 2 aromatic rings. The highest BCUT2D eigenvalue weighted by Crippen LogP contribution is 2.16. The zero-order chi connectivity index (χ0) is 12.8. The molecular formula is C13H16N4O. The number of hydrogen-bond donors (Lipinski definition) is 2. The van der Waals surface area contributed by atoms with Crippen LogP contribution in [0, 0.1) is 6.92 Å². The molecule has 0 saturated carbocycles. The maximum atomic E-state index is 10.2. The van der Waals surface area contributed by atoms with Crippen LogP contribution in [0.3, 0.4) is 0 Å². The van der Waals surface area contributed by atoms with Gasteiger partial charge in [-0.2, -0.15) is 0 Å². The maximum Gasteiger partial charge on any atom is 0.139 e. The summed E-state index contributed by atoms with van der Waals surface area (Å²) >= 11 is 0. The van der Waals surface area contributed by atoms with Gasteiger partial charge < -0.3 is 15.1 Å². The predicted octanol–water partition coefficient (Wildman–Crippen LogP) is 1.11. The summed E-state index contributed by atoms with van der Waals surface area (Å²) in [6.07, 6.45) is 5.19. The molecule has 18 heavy (non-hydrogen) atoms. The molecular weight excluding hydrogens is 228 g/mol. The van der Waals surface area contributed by atoms with Gasteiger partial charge in [0.25, 0.3) is 0 Å². The van der Waals surface area contributed by atoms with Crippen LogP contribution in [0.2, 0.25) is 0 Å². The van der Waals surface area contributed by atoms with Gasteiger partial charge in [0, 0.05) is 36.6 Å². The van der Waals surface area contributed by atoms with Crippen LogP contribution in [0.1, 0.15) is 11.4 Å². The number of aldehydes is 1. The molecule has 5 nitrogen and oxygen atoms in total. The third-order valence-corrected chi connectivity index (χ3v) is 2.69. The molecule has 0 aliphatic rings. The Bertz CT molecular complexity index is 507. The Morgan fingerprint density at radius 1 is 1.50 bits per heavy atom. The largest absolute Gasteiger partial charge is 0.342 e. The first-order chi connectivity index (χ1) is 8.81. The van der Waals surface area contributed by atoms with Gasteiger partial charge in [0.1, 0.15) is 12.1 Å². The molecule has 0 unspecified atom stereocenters. The van der Waals surface area contributed by atoms with Gasteiger partial charge in [-0.25, -0.2) is 4.98 Å². The van der Waals surface area contributed by atoms with E-state index in [-0.39, 0.29) is 0 Å². The van der Waals surface area contributed by atoms with E-state index >= 15 is 0 Å². The van der Waals surface area contributed by atoms with E-state index < -0.39 is 0 Å². The highest BCUT2D eigenvalue weighted by Gasteiger charge is 2.07. The van der Waals surface area contributed by atoms with Crippen molar-refractivity contribution in [1.82, 2.24) is 20.3 Å². The highest BCUT2D eigenvalue weighted by atomic mass is 16.1. The van der Waals surface area contributed by atoms with Crippen molar-refractivity contribution in [3.8, 4) is 11.4 Å². The fraction of sp³-hybridized carbons (Fsp3) is 0.308. The van der Waals surface area contributed by atoms with Crippen molar-refractivity contribution in [2.45, 2.75) is 13.3 Å². The molecule has 0 amide bonds. The second kappa shape index (κ2) is 6.07. The Balaban J connectivity index is 2.05. The second-order valence-corrected chi connectivity index (χ2v) is 4.02. The van der Waals surface area contributed by atoms with Gasteiger partial charge in [-0.3, -0.25) is 4.98 Å². The fourth-order valence-corrected chi connectivity index (χ4v) is 1.75. The number of hydrogen-bond acceptors (Lipinski definition) is 4. The minimum absolute atomic E-state index is 0.388. The summed E-state index contributed by atoms with van der Waals surface area (Å²) in [5.74, 6) is 0.839. The molecule has 0 aromatic carbocycles. The quantitative estimate of drug-likeness (QED) is 0.590. The van der Waals surface area contributed by atoms with Crippen molar-refractivity contribution >= 4 is 6.29 Å². The predicted molar refractivity (Wildman–Crippen MR) is 69.2 cm³/mol. The Morgan fingerprint density at radius 2 is 2.39 bits per heavy atom. The van der Waals surface area contributed by atoms with Crippen LogP contribution in [0.25, 0.3) is 11.4 Å².